The number of ether oxygens (including phenoxy) is 1. The zero-order valence-corrected chi connectivity index (χ0v) is 9.22. The van der Waals surface area contributed by atoms with Crippen molar-refractivity contribution in [3.8, 4) is 5.75 Å². The summed E-state index contributed by atoms with van der Waals surface area (Å²) >= 11 is 11.1. The number of carbonyl (C=O) groups is 2. The molecule has 1 aromatic rings. The number of rotatable bonds is 4. The minimum Gasteiger partial charge on any atom is -0.426 e. The van der Waals surface area contributed by atoms with Crippen LogP contribution in [0.25, 0.3) is 0 Å². The van der Waals surface area contributed by atoms with E-state index >= 15 is 0 Å². The molecule has 1 rings (SSSR count). The Hall–Kier alpha value is -1.06. The second-order valence-corrected chi connectivity index (χ2v) is 3.50. The summed E-state index contributed by atoms with van der Waals surface area (Å²) in [7, 11) is 0. The van der Waals surface area contributed by atoms with E-state index < -0.39 is 5.97 Å². The third kappa shape index (κ3) is 3.53. The van der Waals surface area contributed by atoms with Crippen LogP contribution >= 0.6 is 23.2 Å². The molecule has 3 nitrogen and oxygen atoms in total. The lowest BCUT2D eigenvalue weighted by molar-refractivity contribution is -0.133. The standard InChI is InChI=1S/C10H8Cl2O3/c11-4-3-10(14)15-8-2-1-7(6-13)9(12)5-8/h1-2,5-6H,3-4H2. The van der Waals surface area contributed by atoms with Gasteiger partial charge in [0.05, 0.1) is 11.4 Å². The fraction of sp³-hybridized carbons (Fsp3) is 0.200. The average molecular weight is 247 g/mol. The summed E-state index contributed by atoms with van der Waals surface area (Å²) in [5.41, 5.74) is 0.355. The fourth-order valence-corrected chi connectivity index (χ4v) is 1.30. The van der Waals surface area contributed by atoms with Gasteiger partial charge in [-0.15, -0.1) is 11.6 Å². The van der Waals surface area contributed by atoms with Crippen molar-refractivity contribution in [1.82, 2.24) is 0 Å². The lowest BCUT2D eigenvalue weighted by atomic mass is 10.2. The first kappa shape index (κ1) is 12.0. The van der Waals surface area contributed by atoms with Crippen LogP contribution in [-0.2, 0) is 4.79 Å². The second-order valence-electron chi connectivity index (χ2n) is 2.71. The van der Waals surface area contributed by atoms with Gasteiger partial charge in [-0.2, -0.15) is 0 Å². The molecule has 0 aliphatic heterocycles. The molecule has 0 atom stereocenters. The molecule has 5 heteroatoms. The van der Waals surface area contributed by atoms with Gasteiger partial charge in [-0.3, -0.25) is 9.59 Å². The number of alkyl halides is 1. The Morgan fingerprint density at radius 3 is 2.73 bits per heavy atom. The van der Waals surface area contributed by atoms with Crippen molar-refractivity contribution in [2.45, 2.75) is 6.42 Å². The van der Waals surface area contributed by atoms with Crippen LogP contribution in [0.4, 0.5) is 0 Å². The van der Waals surface area contributed by atoms with Gasteiger partial charge in [0.25, 0.3) is 0 Å². The molecule has 0 aromatic heterocycles. The molecule has 1 aromatic carbocycles. The number of halogens is 2. The van der Waals surface area contributed by atoms with E-state index in [1.165, 1.54) is 18.2 Å². The minimum atomic E-state index is -0.431. The van der Waals surface area contributed by atoms with Crippen molar-refractivity contribution in [3.05, 3.63) is 28.8 Å². The van der Waals surface area contributed by atoms with Crippen molar-refractivity contribution in [2.75, 3.05) is 5.88 Å². The van der Waals surface area contributed by atoms with Crippen molar-refractivity contribution in [1.29, 1.82) is 0 Å². The van der Waals surface area contributed by atoms with Crippen LogP contribution in [0.2, 0.25) is 5.02 Å². The van der Waals surface area contributed by atoms with Crippen LogP contribution in [0, 0.1) is 0 Å². The number of carbonyl (C=O) groups excluding carboxylic acids is 2. The first-order valence-corrected chi connectivity index (χ1v) is 5.10. The van der Waals surface area contributed by atoms with Gasteiger partial charge < -0.3 is 4.74 Å². The van der Waals surface area contributed by atoms with Crippen molar-refractivity contribution in [3.63, 3.8) is 0 Å². The molecule has 0 aliphatic carbocycles. The van der Waals surface area contributed by atoms with E-state index in [9.17, 15) is 9.59 Å². The molecular weight excluding hydrogens is 239 g/mol. The predicted molar refractivity (Wildman–Crippen MR) is 57.8 cm³/mol. The van der Waals surface area contributed by atoms with E-state index in [2.05, 4.69) is 0 Å². The molecule has 0 N–H and O–H groups in total. The maximum atomic E-state index is 11.1. The lowest BCUT2D eigenvalue weighted by Crippen LogP contribution is -2.08. The Labute approximate surface area is 96.9 Å². The van der Waals surface area contributed by atoms with Crippen molar-refractivity contribution < 1.29 is 14.3 Å². The summed E-state index contributed by atoms with van der Waals surface area (Å²) in [6.07, 6.45) is 0.765. The molecule has 0 saturated carbocycles. The topological polar surface area (TPSA) is 43.4 Å². The van der Waals surface area contributed by atoms with Crippen LogP contribution < -0.4 is 4.74 Å². The Kier molecular flexibility index (Phi) is 4.59. The Morgan fingerprint density at radius 1 is 1.47 bits per heavy atom. The van der Waals surface area contributed by atoms with E-state index in [1.54, 1.807) is 0 Å². The molecule has 0 unspecified atom stereocenters. The van der Waals surface area contributed by atoms with Gasteiger partial charge in [0.2, 0.25) is 0 Å². The van der Waals surface area contributed by atoms with E-state index in [1.807, 2.05) is 0 Å². The highest BCUT2D eigenvalue weighted by atomic mass is 35.5. The smallest absolute Gasteiger partial charge is 0.312 e. The molecule has 0 radical (unpaired) electrons. The summed E-state index contributed by atoms with van der Waals surface area (Å²) in [6, 6.07) is 4.40. The predicted octanol–water partition coefficient (Wildman–Crippen LogP) is 2.69. The van der Waals surface area contributed by atoms with Crippen LogP contribution in [0.5, 0.6) is 5.75 Å². The van der Waals surface area contributed by atoms with Gasteiger partial charge >= 0.3 is 5.97 Å². The summed E-state index contributed by atoms with van der Waals surface area (Å²) in [6.45, 7) is 0. The van der Waals surface area contributed by atoms with Gasteiger partial charge in [-0.1, -0.05) is 11.6 Å². The Bertz CT molecular complexity index is 377. The van der Waals surface area contributed by atoms with Gasteiger partial charge in [0.1, 0.15) is 5.75 Å². The summed E-state index contributed by atoms with van der Waals surface area (Å²) < 4.78 is 4.91. The molecule has 0 aliphatic rings. The number of aldehydes is 1. The molecule has 0 heterocycles. The number of hydrogen-bond donors (Lipinski definition) is 0. The summed E-state index contributed by atoms with van der Waals surface area (Å²) in [5, 5.41) is 0.251. The van der Waals surface area contributed by atoms with Crippen LogP contribution in [0.3, 0.4) is 0 Å². The highest BCUT2D eigenvalue weighted by molar-refractivity contribution is 6.33. The van der Waals surface area contributed by atoms with Crippen LogP contribution in [0.1, 0.15) is 16.8 Å². The summed E-state index contributed by atoms with van der Waals surface area (Å²) in [5.74, 6) is 0.0829. The third-order valence-corrected chi connectivity index (χ3v) is 2.15. The maximum Gasteiger partial charge on any atom is 0.312 e. The van der Waals surface area contributed by atoms with E-state index in [0.717, 1.165) is 0 Å². The zero-order chi connectivity index (χ0) is 11.3. The monoisotopic (exact) mass is 246 g/mol. The SMILES string of the molecule is O=Cc1ccc(OC(=O)CCCl)cc1Cl. The van der Waals surface area contributed by atoms with Gasteiger partial charge in [-0.25, -0.2) is 0 Å². The second kappa shape index (κ2) is 5.73. The highest BCUT2D eigenvalue weighted by Crippen LogP contribution is 2.21. The zero-order valence-electron chi connectivity index (χ0n) is 7.70. The molecule has 0 spiro atoms. The quantitative estimate of drug-likeness (QED) is 0.355. The molecule has 15 heavy (non-hydrogen) atoms. The summed E-state index contributed by atoms with van der Waals surface area (Å²) in [4.78, 5) is 21.5. The molecule has 0 bridgehead atoms. The van der Waals surface area contributed by atoms with Crippen molar-refractivity contribution in [2.24, 2.45) is 0 Å². The number of hydrogen-bond acceptors (Lipinski definition) is 3. The molecule has 0 fully saturated rings. The van der Waals surface area contributed by atoms with Crippen LogP contribution in [0.15, 0.2) is 18.2 Å². The van der Waals surface area contributed by atoms with Gasteiger partial charge in [0.15, 0.2) is 6.29 Å². The normalized spacial score (nSPS) is 9.73. The first-order valence-electron chi connectivity index (χ1n) is 4.18. The van der Waals surface area contributed by atoms with Crippen molar-refractivity contribution >= 4 is 35.5 Å². The fourth-order valence-electron chi connectivity index (χ4n) is 0.927. The number of esters is 1. The molecule has 0 amide bonds. The molecule has 0 saturated heterocycles. The molecular formula is C10H8Cl2O3. The lowest BCUT2D eigenvalue weighted by Gasteiger charge is -2.04. The van der Waals surface area contributed by atoms with E-state index in [0.29, 0.717) is 17.6 Å². The Balaban J connectivity index is 2.75. The van der Waals surface area contributed by atoms with Crippen LogP contribution in [-0.4, -0.2) is 18.1 Å². The number of benzene rings is 1. The average Bonchev–Trinajstić information content (AvgIpc) is 2.18. The minimum absolute atomic E-state index is 0.134. The third-order valence-electron chi connectivity index (χ3n) is 1.63. The maximum absolute atomic E-state index is 11.1. The van der Waals surface area contributed by atoms with E-state index in [-0.39, 0.29) is 17.3 Å². The first-order chi connectivity index (χ1) is 7.17. The van der Waals surface area contributed by atoms with E-state index in [4.69, 9.17) is 27.9 Å². The Morgan fingerprint density at radius 2 is 2.20 bits per heavy atom. The van der Waals surface area contributed by atoms with Gasteiger partial charge in [0, 0.05) is 17.5 Å². The largest absolute Gasteiger partial charge is 0.426 e. The highest BCUT2D eigenvalue weighted by Gasteiger charge is 2.06. The molecule has 80 valence electrons. The van der Waals surface area contributed by atoms with Gasteiger partial charge in [-0.05, 0) is 12.1 Å².